The third-order valence-corrected chi connectivity index (χ3v) is 7.33. The smallest absolute Gasteiger partial charge is 0.00955 e. The topological polar surface area (TPSA) is 3.24 Å². The second-order valence-corrected chi connectivity index (χ2v) is 9.10. The van der Waals surface area contributed by atoms with E-state index in [-0.39, 0.29) is 0 Å². The molecule has 0 aromatic carbocycles. The first-order chi connectivity index (χ1) is 12.4. The Bertz CT molecular complexity index is 615. The van der Waals surface area contributed by atoms with Gasteiger partial charge in [-0.25, -0.2) is 0 Å². The highest BCUT2D eigenvalue weighted by molar-refractivity contribution is 7.08. The van der Waals surface area contributed by atoms with Gasteiger partial charge >= 0.3 is 0 Å². The Hall–Kier alpha value is -0.900. The van der Waals surface area contributed by atoms with Gasteiger partial charge in [-0.3, -0.25) is 4.90 Å². The van der Waals surface area contributed by atoms with Crippen LogP contribution < -0.4 is 0 Å². The number of hydrogen-bond donors (Lipinski definition) is 0. The summed E-state index contributed by atoms with van der Waals surface area (Å²) in [5, 5.41) is 9.07. The maximum Gasteiger partial charge on any atom is 0.00955 e. The number of thiophene rings is 2. The van der Waals surface area contributed by atoms with E-state index >= 15 is 0 Å². The molecule has 1 aliphatic heterocycles. The summed E-state index contributed by atoms with van der Waals surface area (Å²) in [6.45, 7) is 2.52. The summed E-state index contributed by atoms with van der Waals surface area (Å²) < 4.78 is 0. The second kappa shape index (κ2) is 8.66. The summed E-state index contributed by atoms with van der Waals surface area (Å²) in [5.74, 6) is 0. The lowest BCUT2D eigenvalue weighted by Crippen LogP contribution is -2.40. The highest BCUT2D eigenvalue weighted by Crippen LogP contribution is 2.35. The Morgan fingerprint density at radius 2 is 1.36 bits per heavy atom. The fourth-order valence-electron chi connectivity index (χ4n) is 4.60. The lowest BCUT2D eigenvalue weighted by Gasteiger charge is -2.37. The van der Waals surface area contributed by atoms with Gasteiger partial charge in [-0.1, -0.05) is 37.7 Å². The number of hydrogen-bond acceptors (Lipinski definition) is 3. The van der Waals surface area contributed by atoms with Gasteiger partial charge in [-0.05, 0) is 76.0 Å². The monoisotopic (exact) mass is 371 g/mol. The first kappa shape index (κ1) is 17.5. The van der Waals surface area contributed by atoms with E-state index < -0.39 is 0 Å². The molecule has 2 aromatic heterocycles. The minimum atomic E-state index is 0.854. The molecule has 134 valence electrons. The quantitative estimate of drug-likeness (QED) is 0.572. The minimum absolute atomic E-state index is 0.854. The van der Waals surface area contributed by atoms with Gasteiger partial charge in [0.1, 0.15) is 0 Å². The first-order valence-corrected chi connectivity index (χ1v) is 11.8. The molecule has 1 aliphatic carbocycles. The van der Waals surface area contributed by atoms with Gasteiger partial charge in [0.15, 0.2) is 0 Å². The van der Waals surface area contributed by atoms with Gasteiger partial charge in [0.2, 0.25) is 0 Å². The normalized spacial score (nSPS) is 21.0. The van der Waals surface area contributed by atoms with E-state index in [1.165, 1.54) is 87.6 Å². The van der Waals surface area contributed by atoms with Crippen molar-refractivity contribution in [2.24, 2.45) is 0 Å². The van der Waals surface area contributed by atoms with Crippen molar-refractivity contribution in [3.63, 3.8) is 0 Å². The minimum Gasteiger partial charge on any atom is -0.300 e. The molecule has 0 radical (unpaired) electrons. The van der Waals surface area contributed by atoms with Crippen molar-refractivity contribution in [3.8, 4) is 0 Å². The molecule has 2 aromatic rings. The predicted octanol–water partition coefficient (Wildman–Crippen LogP) is 6.82. The van der Waals surface area contributed by atoms with E-state index in [2.05, 4.69) is 38.6 Å². The third-order valence-electron chi connectivity index (χ3n) is 5.97. The molecule has 1 nitrogen and oxygen atoms in total. The number of nitrogens with zero attached hydrogens (tertiary/aromatic N) is 1. The summed E-state index contributed by atoms with van der Waals surface area (Å²) in [6.07, 6.45) is 12.6. The van der Waals surface area contributed by atoms with E-state index in [4.69, 9.17) is 0 Å². The molecule has 1 saturated carbocycles. The van der Waals surface area contributed by atoms with Crippen molar-refractivity contribution in [2.75, 3.05) is 13.1 Å². The van der Waals surface area contributed by atoms with Crippen LogP contribution in [0.2, 0.25) is 0 Å². The average Bonchev–Trinajstić information content (AvgIpc) is 3.30. The van der Waals surface area contributed by atoms with E-state index in [1.54, 1.807) is 5.57 Å². The van der Waals surface area contributed by atoms with Crippen molar-refractivity contribution in [1.29, 1.82) is 0 Å². The summed E-state index contributed by atoms with van der Waals surface area (Å²) in [6, 6.07) is 5.45. The Morgan fingerprint density at radius 1 is 0.800 bits per heavy atom. The lowest BCUT2D eigenvalue weighted by atomic mass is 9.89. The molecule has 1 saturated heterocycles. The molecule has 4 rings (SSSR count). The fourth-order valence-corrected chi connectivity index (χ4v) is 5.89. The maximum absolute atomic E-state index is 2.81. The highest BCUT2D eigenvalue weighted by atomic mass is 32.1. The zero-order valence-corrected chi connectivity index (χ0v) is 16.7. The Labute approximate surface area is 160 Å². The van der Waals surface area contributed by atoms with Crippen LogP contribution in [0.25, 0.3) is 5.57 Å². The van der Waals surface area contributed by atoms with E-state index in [9.17, 15) is 0 Å². The van der Waals surface area contributed by atoms with Crippen molar-refractivity contribution in [1.82, 2.24) is 4.90 Å². The van der Waals surface area contributed by atoms with Crippen LogP contribution >= 0.6 is 22.7 Å². The van der Waals surface area contributed by atoms with Crippen LogP contribution in [-0.4, -0.2) is 24.0 Å². The van der Waals surface area contributed by atoms with Crippen molar-refractivity contribution < 1.29 is 0 Å². The van der Waals surface area contributed by atoms with E-state index in [0.29, 0.717) is 0 Å². The molecule has 0 spiro atoms. The number of piperidine rings is 1. The summed E-state index contributed by atoms with van der Waals surface area (Å²) in [7, 11) is 0. The summed E-state index contributed by atoms with van der Waals surface area (Å²) >= 11 is 3.63. The molecule has 0 atom stereocenters. The average molecular weight is 372 g/mol. The molecule has 0 bridgehead atoms. The van der Waals surface area contributed by atoms with Crippen molar-refractivity contribution >= 4 is 28.2 Å². The predicted molar refractivity (Wildman–Crippen MR) is 112 cm³/mol. The number of likely N-dealkylation sites (tertiary alicyclic amines) is 1. The molecule has 25 heavy (non-hydrogen) atoms. The molecule has 2 aliphatic rings. The second-order valence-electron chi connectivity index (χ2n) is 7.54. The van der Waals surface area contributed by atoms with Crippen LogP contribution in [0.4, 0.5) is 0 Å². The van der Waals surface area contributed by atoms with Crippen LogP contribution in [0.5, 0.6) is 0 Å². The van der Waals surface area contributed by atoms with Crippen LogP contribution in [0.3, 0.4) is 0 Å². The summed E-state index contributed by atoms with van der Waals surface area (Å²) in [4.78, 5) is 2.81. The van der Waals surface area contributed by atoms with E-state index in [0.717, 1.165) is 6.04 Å². The SMILES string of the molecule is c1cc(C(=C2CCN(C3CCCCCCC3)CC2)c2ccsc2)cs1. The highest BCUT2D eigenvalue weighted by Gasteiger charge is 2.24. The molecule has 3 heteroatoms. The van der Waals surface area contributed by atoms with Gasteiger partial charge in [0.05, 0.1) is 0 Å². The molecule has 0 amide bonds. The van der Waals surface area contributed by atoms with Crippen molar-refractivity contribution in [2.45, 2.75) is 63.8 Å². The molecule has 0 N–H and O–H groups in total. The van der Waals surface area contributed by atoms with Gasteiger partial charge in [0, 0.05) is 19.1 Å². The van der Waals surface area contributed by atoms with Gasteiger partial charge in [-0.15, -0.1) is 0 Å². The first-order valence-electron chi connectivity index (χ1n) is 9.93. The molecule has 3 heterocycles. The Kier molecular flexibility index (Phi) is 6.06. The molecular formula is C22H29NS2. The Morgan fingerprint density at radius 3 is 1.88 bits per heavy atom. The zero-order chi connectivity index (χ0) is 16.9. The standard InChI is InChI=1S/C22H29NS2/c1-2-4-6-21(7-5-3-1)23-12-8-18(9-13-23)22(19-10-14-24-16-19)20-11-15-25-17-20/h10-11,14-17,21H,1-9,12-13H2. The fraction of sp³-hybridized carbons (Fsp3) is 0.545. The van der Waals surface area contributed by atoms with Gasteiger partial charge in [-0.2, -0.15) is 22.7 Å². The number of rotatable bonds is 3. The largest absolute Gasteiger partial charge is 0.300 e. The maximum atomic E-state index is 2.81. The third kappa shape index (κ3) is 4.27. The molecule has 2 fully saturated rings. The lowest BCUT2D eigenvalue weighted by molar-refractivity contribution is 0.155. The van der Waals surface area contributed by atoms with Crippen LogP contribution in [0, 0.1) is 0 Å². The molecule has 0 unspecified atom stereocenters. The Balaban J connectivity index is 1.49. The van der Waals surface area contributed by atoms with Gasteiger partial charge in [0.25, 0.3) is 0 Å². The van der Waals surface area contributed by atoms with E-state index in [1.807, 2.05) is 22.7 Å². The van der Waals surface area contributed by atoms with Gasteiger partial charge < -0.3 is 0 Å². The molecular weight excluding hydrogens is 342 g/mol. The zero-order valence-electron chi connectivity index (χ0n) is 15.1. The summed E-state index contributed by atoms with van der Waals surface area (Å²) in [5.41, 5.74) is 6.06. The van der Waals surface area contributed by atoms with Crippen molar-refractivity contribution in [3.05, 3.63) is 50.4 Å². The van der Waals surface area contributed by atoms with Crippen LogP contribution in [0.1, 0.15) is 68.9 Å². The van der Waals surface area contributed by atoms with Crippen LogP contribution in [0.15, 0.2) is 39.2 Å². The van der Waals surface area contributed by atoms with Crippen LogP contribution in [-0.2, 0) is 0 Å².